The van der Waals surface area contributed by atoms with Crippen LogP contribution in [0.25, 0.3) is 0 Å². The Morgan fingerprint density at radius 1 is 1.60 bits per heavy atom. The highest BCUT2D eigenvalue weighted by molar-refractivity contribution is 9.25. The van der Waals surface area contributed by atoms with E-state index in [0.29, 0.717) is 0 Å². The van der Waals surface area contributed by atoms with E-state index in [1.807, 2.05) is 12.2 Å². The highest BCUT2D eigenvalue weighted by Gasteiger charge is 2.21. The summed E-state index contributed by atoms with van der Waals surface area (Å²) in [5.41, 5.74) is 1.25. The van der Waals surface area contributed by atoms with Crippen molar-refractivity contribution in [2.24, 2.45) is 0 Å². The number of halogens is 2. The summed E-state index contributed by atoms with van der Waals surface area (Å²) in [6, 6.07) is 0. The van der Waals surface area contributed by atoms with E-state index in [2.05, 4.69) is 50.6 Å². The van der Waals surface area contributed by atoms with E-state index in [1.54, 1.807) is 0 Å². The van der Waals surface area contributed by atoms with Gasteiger partial charge in [-0.05, 0) is 5.57 Å². The fourth-order valence-corrected chi connectivity index (χ4v) is 1.80. The molecule has 1 aliphatic rings. The molecule has 0 heterocycles. The first-order chi connectivity index (χ1) is 4.64. The summed E-state index contributed by atoms with van der Waals surface area (Å²) in [7, 11) is 0. The molecule has 0 amide bonds. The second-order valence-electron chi connectivity index (χ2n) is 2.24. The predicted octanol–water partition coefficient (Wildman–Crippen LogP) is 3.54. The zero-order valence-corrected chi connectivity index (χ0v) is 8.65. The Morgan fingerprint density at radius 2 is 2.30 bits per heavy atom. The lowest BCUT2D eigenvalue weighted by Gasteiger charge is -2.19. The van der Waals surface area contributed by atoms with Crippen molar-refractivity contribution in [3.05, 3.63) is 36.5 Å². The van der Waals surface area contributed by atoms with Gasteiger partial charge in [0.2, 0.25) is 0 Å². The van der Waals surface area contributed by atoms with Gasteiger partial charge >= 0.3 is 0 Å². The molecule has 0 nitrogen and oxygen atoms in total. The molecule has 0 saturated carbocycles. The van der Waals surface area contributed by atoms with Crippen LogP contribution in [0.1, 0.15) is 6.42 Å². The molecule has 0 saturated heterocycles. The van der Waals surface area contributed by atoms with Crippen molar-refractivity contribution in [3.8, 4) is 0 Å². The maximum Gasteiger partial charge on any atom is 0.103 e. The third kappa shape index (κ3) is 2.10. The molecule has 0 unspecified atom stereocenters. The van der Waals surface area contributed by atoms with E-state index in [9.17, 15) is 0 Å². The van der Waals surface area contributed by atoms with Gasteiger partial charge in [0.25, 0.3) is 0 Å². The topological polar surface area (TPSA) is 0 Å². The Balaban J connectivity index is 2.77. The Hall–Kier alpha value is 0.180. The average molecular weight is 264 g/mol. The Morgan fingerprint density at radius 3 is 2.70 bits per heavy atom. The molecular weight excluding hydrogens is 256 g/mol. The normalized spacial score (nSPS) is 22.0. The van der Waals surface area contributed by atoms with E-state index in [4.69, 9.17) is 0 Å². The molecule has 10 heavy (non-hydrogen) atoms. The van der Waals surface area contributed by atoms with Crippen LogP contribution in [-0.2, 0) is 0 Å². The van der Waals surface area contributed by atoms with Crippen molar-refractivity contribution >= 4 is 31.9 Å². The molecule has 54 valence electrons. The lowest BCUT2D eigenvalue weighted by Crippen LogP contribution is -2.09. The van der Waals surface area contributed by atoms with Crippen molar-refractivity contribution in [2.45, 2.75) is 9.65 Å². The van der Waals surface area contributed by atoms with Crippen molar-refractivity contribution in [2.75, 3.05) is 0 Å². The number of allylic oxidation sites excluding steroid dienone is 5. The Kier molecular flexibility index (Phi) is 2.53. The molecule has 0 aromatic carbocycles. The highest BCUT2D eigenvalue weighted by atomic mass is 79.9. The molecule has 0 spiro atoms. The monoisotopic (exact) mass is 262 g/mol. The lowest BCUT2D eigenvalue weighted by molar-refractivity contribution is 0.983. The van der Waals surface area contributed by atoms with Crippen LogP contribution in [0.4, 0.5) is 0 Å². The molecule has 0 aliphatic heterocycles. The van der Waals surface area contributed by atoms with Gasteiger partial charge in [-0.25, -0.2) is 0 Å². The number of hydrogen-bond donors (Lipinski definition) is 0. The minimum atomic E-state index is -0.0434. The van der Waals surface area contributed by atoms with Gasteiger partial charge in [-0.2, -0.15) is 0 Å². The van der Waals surface area contributed by atoms with Crippen LogP contribution in [0.15, 0.2) is 36.5 Å². The molecule has 0 aromatic rings. The minimum absolute atomic E-state index is 0.0434. The molecule has 2 heteroatoms. The summed E-state index contributed by atoms with van der Waals surface area (Å²) in [4.78, 5) is 0. The number of hydrogen-bond acceptors (Lipinski definition) is 0. The fourth-order valence-electron chi connectivity index (χ4n) is 0.843. The first-order valence-corrected chi connectivity index (χ1v) is 4.61. The molecule has 0 radical (unpaired) electrons. The van der Waals surface area contributed by atoms with E-state index in [-0.39, 0.29) is 3.23 Å². The zero-order chi connectivity index (χ0) is 7.61. The van der Waals surface area contributed by atoms with Crippen LogP contribution >= 0.6 is 31.9 Å². The van der Waals surface area contributed by atoms with Crippen LogP contribution in [0.2, 0.25) is 0 Å². The van der Waals surface area contributed by atoms with E-state index >= 15 is 0 Å². The fraction of sp³-hybridized carbons (Fsp3) is 0.250. The zero-order valence-electron chi connectivity index (χ0n) is 5.48. The summed E-state index contributed by atoms with van der Waals surface area (Å²) < 4.78 is -0.0434. The van der Waals surface area contributed by atoms with Gasteiger partial charge in [0.15, 0.2) is 0 Å². The van der Waals surface area contributed by atoms with Crippen LogP contribution in [-0.4, -0.2) is 3.23 Å². The molecule has 1 aliphatic carbocycles. The third-order valence-electron chi connectivity index (χ3n) is 1.35. The standard InChI is InChI=1S/C8H8Br2/c1-2-7-4-3-5-8(9,10)6-7/h2-5H,1,6H2. The van der Waals surface area contributed by atoms with Crippen LogP contribution in [0.3, 0.4) is 0 Å². The molecule has 0 atom stereocenters. The van der Waals surface area contributed by atoms with Crippen LogP contribution in [0.5, 0.6) is 0 Å². The van der Waals surface area contributed by atoms with Crippen molar-refractivity contribution in [1.82, 2.24) is 0 Å². The quantitative estimate of drug-likeness (QED) is 0.635. The summed E-state index contributed by atoms with van der Waals surface area (Å²) in [5.74, 6) is 0. The first-order valence-electron chi connectivity index (χ1n) is 3.03. The summed E-state index contributed by atoms with van der Waals surface area (Å²) in [6.07, 6.45) is 8.98. The predicted molar refractivity (Wildman–Crippen MR) is 52.6 cm³/mol. The Labute approximate surface area is 78.0 Å². The minimum Gasteiger partial charge on any atom is -0.0988 e. The Bertz CT molecular complexity index is 199. The maximum absolute atomic E-state index is 3.71. The third-order valence-corrected chi connectivity index (χ3v) is 2.44. The van der Waals surface area contributed by atoms with Gasteiger partial charge < -0.3 is 0 Å². The van der Waals surface area contributed by atoms with Gasteiger partial charge in [-0.15, -0.1) is 0 Å². The second-order valence-corrected chi connectivity index (χ2v) is 6.14. The number of alkyl halides is 2. The average Bonchev–Trinajstić information content (AvgIpc) is 1.86. The van der Waals surface area contributed by atoms with E-state index in [1.165, 1.54) is 5.57 Å². The van der Waals surface area contributed by atoms with Crippen LogP contribution < -0.4 is 0 Å². The maximum atomic E-state index is 3.71. The molecule has 0 aromatic heterocycles. The number of rotatable bonds is 1. The van der Waals surface area contributed by atoms with Gasteiger partial charge in [0.1, 0.15) is 3.23 Å². The smallest absolute Gasteiger partial charge is 0.0988 e. The van der Waals surface area contributed by atoms with E-state index in [0.717, 1.165) is 6.42 Å². The molecule has 1 rings (SSSR count). The van der Waals surface area contributed by atoms with Crippen LogP contribution in [0, 0.1) is 0 Å². The summed E-state index contributed by atoms with van der Waals surface area (Å²) in [5, 5.41) is 0. The molecular formula is C8H8Br2. The lowest BCUT2D eigenvalue weighted by atomic mass is 10.1. The highest BCUT2D eigenvalue weighted by Crippen LogP contribution is 2.37. The van der Waals surface area contributed by atoms with Crippen molar-refractivity contribution in [3.63, 3.8) is 0 Å². The van der Waals surface area contributed by atoms with Crippen molar-refractivity contribution < 1.29 is 0 Å². The SMILES string of the molecule is C=CC1=CC=CC(Br)(Br)C1. The summed E-state index contributed by atoms with van der Waals surface area (Å²) in [6.45, 7) is 3.71. The molecule has 0 bridgehead atoms. The van der Waals surface area contributed by atoms with Gasteiger partial charge in [-0.1, -0.05) is 62.7 Å². The first kappa shape index (κ1) is 8.28. The summed E-state index contributed by atoms with van der Waals surface area (Å²) >= 11 is 7.03. The van der Waals surface area contributed by atoms with Gasteiger partial charge in [0.05, 0.1) is 0 Å². The molecule has 0 fully saturated rings. The second kappa shape index (κ2) is 3.05. The molecule has 0 N–H and O–H groups in total. The largest absolute Gasteiger partial charge is 0.103 e. The van der Waals surface area contributed by atoms with Crippen molar-refractivity contribution in [1.29, 1.82) is 0 Å². The van der Waals surface area contributed by atoms with E-state index < -0.39 is 0 Å². The van der Waals surface area contributed by atoms with Gasteiger partial charge in [0, 0.05) is 6.42 Å². The van der Waals surface area contributed by atoms with Gasteiger partial charge in [-0.3, -0.25) is 0 Å².